The number of nitrogens with zero attached hydrogens (tertiary/aromatic N) is 9. The second-order valence-electron chi connectivity index (χ2n) is 23.3. The van der Waals surface area contributed by atoms with Crippen LogP contribution in [0.1, 0.15) is 5.56 Å². The molecule has 17 aromatic rings. The van der Waals surface area contributed by atoms with Crippen LogP contribution in [-0.4, -0.2) is 39.0 Å². The third kappa shape index (κ3) is 10.0. The second kappa shape index (κ2) is 23.4. The molecule has 0 N–H and O–H groups in total. The van der Waals surface area contributed by atoms with Crippen molar-refractivity contribution < 1.29 is 0 Å². The van der Waals surface area contributed by atoms with E-state index in [1.807, 2.05) is 121 Å². The number of nitriles is 1. The van der Waals surface area contributed by atoms with Crippen LogP contribution in [0.15, 0.2) is 322 Å². The monoisotopic (exact) mass is 1200 g/mol. The SMILES string of the molecule is N#Cc1ccc(-n2c3ccc(-c4ccccc4)cc3c3cc(-c4ccccc4)ccc32)c(-c2nc(-c3ccccc3)nc(-c3cc(-c4nc(-c5ccccc5)nc(-c5ccccc5)n4)ccc3-n3c4ccc(-c5ccccc5)cc4c4cc(-c5ccccc5)ccc43)n2)c1. The van der Waals surface area contributed by atoms with E-state index < -0.39 is 0 Å². The van der Waals surface area contributed by atoms with E-state index in [2.05, 4.69) is 215 Å². The second-order valence-corrected chi connectivity index (χ2v) is 23.3. The first-order valence-electron chi connectivity index (χ1n) is 31.3. The summed E-state index contributed by atoms with van der Waals surface area (Å²) in [7, 11) is 0. The molecule has 0 unspecified atom stereocenters. The molecule has 4 aromatic heterocycles. The first-order valence-corrected chi connectivity index (χ1v) is 31.3. The summed E-state index contributed by atoms with van der Waals surface area (Å²) in [6, 6.07) is 114. The standard InChI is InChI=1S/C85H53N9/c86-54-55-36-42-78(93-74-43-37-63(56-22-8-1-9-23-56)49-68(74)69-50-64(38-44-75(69)93)57-24-10-2-11-25-57)72(48-55)84-90-82(62-34-20-7-21-35-62)91-85(92-84)73-53-67(83-88-80(60-30-16-5-17-31-60)87-81(89-83)61-32-18-6-19-33-61)41-47-79(73)94-76-45-39-65(58-26-12-3-13-27-58)51-70(76)71-52-66(40-46-77(71)94)59-28-14-4-15-29-59/h1-53H. The van der Waals surface area contributed by atoms with Crippen molar-refractivity contribution in [2.75, 3.05) is 0 Å². The Hall–Kier alpha value is -13.0. The molecule has 0 atom stereocenters. The quantitative estimate of drug-likeness (QED) is 0.120. The largest absolute Gasteiger partial charge is 0.308 e. The maximum atomic E-state index is 10.9. The van der Waals surface area contributed by atoms with Crippen LogP contribution in [0.5, 0.6) is 0 Å². The first kappa shape index (κ1) is 55.1. The fourth-order valence-electron chi connectivity index (χ4n) is 13.1. The van der Waals surface area contributed by atoms with Gasteiger partial charge in [0.2, 0.25) is 0 Å². The van der Waals surface area contributed by atoms with Gasteiger partial charge in [0.15, 0.2) is 34.9 Å². The maximum Gasteiger partial charge on any atom is 0.166 e. The fraction of sp³-hybridized carbons (Fsp3) is 0. The van der Waals surface area contributed by atoms with E-state index in [1.54, 1.807) is 0 Å². The Bertz CT molecular complexity index is 5520. The molecule has 9 nitrogen and oxygen atoms in total. The minimum atomic E-state index is 0.379. The lowest BCUT2D eigenvalue weighted by Gasteiger charge is -2.18. The predicted octanol–water partition coefficient (Wildman–Crippen LogP) is 20.8. The van der Waals surface area contributed by atoms with Crippen LogP contribution in [-0.2, 0) is 0 Å². The van der Waals surface area contributed by atoms with Crippen LogP contribution in [0.25, 0.3) is 168 Å². The van der Waals surface area contributed by atoms with Gasteiger partial charge in [-0.05, 0) is 129 Å². The number of aromatic nitrogens is 8. The van der Waals surface area contributed by atoms with E-state index in [0.29, 0.717) is 51.6 Å². The van der Waals surface area contributed by atoms with Crippen LogP contribution < -0.4 is 0 Å². The molecule has 94 heavy (non-hydrogen) atoms. The average molecular weight is 1200 g/mol. The van der Waals surface area contributed by atoms with Gasteiger partial charge in [-0.25, -0.2) is 29.9 Å². The Morgan fingerprint density at radius 2 is 0.468 bits per heavy atom. The van der Waals surface area contributed by atoms with Gasteiger partial charge in [0, 0.05) is 54.9 Å². The van der Waals surface area contributed by atoms with Crippen LogP contribution in [0.3, 0.4) is 0 Å². The Morgan fingerprint density at radius 1 is 0.213 bits per heavy atom. The molecule has 9 heteroatoms. The fourth-order valence-corrected chi connectivity index (χ4v) is 13.1. The van der Waals surface area contributed by atoms with Crippen LogP contribution in [0.4, 0.5) is 0 Å². The van der Waals surface area contributed by atoms with Crippen LogP contribution >= 0.6 is 0 Å². The Kier molecular flexibility index (Phi) is 13.7. The highest BCUT2D eigenvalue weighted by atomic mass is 15.1. The van der Waals surface area contributed by atoms with E-state index in [9.17, 15) is 5.26 Å². The predicted molar refractivity (Wildman–Crippen MR) is 381 cm³/mol. The summed E-state index contributed by atoms with van der Waals surface area (Å²) in [6.45, 7) is 0. The van der Waals surface area contributed by atoms with Gasteiger partial charge in [-0.2, -0.15) is 5.26 Å². The van der Waals surface area contributed by atoms with Gasteiger partial charge < -0.3 is 9.13 Å². The van der Waals surface area contributed by atoms with Gasteiger partial charge in [-0.1, -0.05) is 237 Å². The van der Waals surface area contributed by atoms with Crippen molar-refractivity contribution >= 4 is 43.6 Å². The average Bonchev–Trinajstić information content (AvgIpc) is 1.57. The van der Waals surface area contributed by atoms with Gasteiger partial charge in [-0.15, -0.1) is 0 Å². The molecule has 0 saturated carbocycles. The zero-order chi connectivity index (χ0) is 62.5. The molecular formula is C85H53N9. The van der Waals surface area contributed by atoms with Gasteiger partial charge >= 0.3 is 0 Å². The number of rotatable bonds is 12. The Morgan fingerprint density at radius 3 is 0.787 bits per heavy atom. The van der Waals surface area contributed by atoms with Crippen molar-refractivity contribution in [2.45, 2.75) is 0 Å². The summed E-state index contributed by atoms with van der Waals surface area (Å²) >= 11 is 0. The molecule has 0 amide bonds. The molecule has 0 aliphatic rings. The Labute approximate surface area is 542 Å². The van der Waals surface area contributed by atoms with Crippen LogP contribution in [0, 0.1) is 11.3 Å². The molecular weight excluding hydrogens is 1150 g/mol. The van der Waals surface area contributed by atoms with Crippen molar-refractivity contribution in [3.8, 4) is 130 Å². The van der Waals surface area contributed by atoms with E-state index >= 15 is 0 Å². The number of benzene rings is 13. The summed E-state index contributed by atoms with van der Waals surface area (Å²) in [4.78, 5) is 32.4. The zero-order valence-electron chi connectivity index (χ0n) is 50.6. The van der Waals surface area contributed by atoms with Crippen molar-refractivity contribution in [1.82, 2.24) is 39.0 Å². The third-order valence-corrected chi connectivity index (χ3v) is 17.7. The van der Waals surface area contributed by atoms with Gasteiger partial charge in [0.25, 0.3) is 0 Å². The summed E-state index contributed by atoms with van der Waals surface area (Å²) in [6.07, 6.45) is 0. The van der Waals surface area contributed by atoms with E-state index in [4.69, 9.17) is 29.9 Å². The number of fused-ring (bicyclic) bond motifs is 6. The van der Waals surface area contributed by atoms with Crippen molar-refractivity contribution in [2.24, 2.45) is 0 Å². The van der Waals surface area contributed by atoms with E-state index in [-0.39, 0.29) is 0 Å². The summed E-state index contributed by atoms with van der Waals surface area (Å²) in [5.74, 6) is 2.78. The molecule has 4 heterocycles. The molecule has 0 saturated heterocycles. The lowest BCUT2D eigenvalue weighted by Crippen LogP contribution is -2.06. The molecule has 0 bridgehead atoms. The van der Waals surface area contributed by atoms with Gasteiger partial charge in [0.1, 0.15) is 0 Å². The molecule has 17 rings (SSSR count). The van der Waals surface area contributed by atoms with Crippen LogP contribution in [0.2, 0.25) is 0 Å². The lowest BCUT2D eigenvalue weighted by atomic mass is 10.0. The highest BCUT2D eigenvalue weighted by molar-refractivity contribution is 6.13. The minimum Gasteiger partial charge on any atom is -0.308 e. The van der Waals surface area contributed by atoms with Gasteiger partial charge in [0.05, 0.1) is 45.1 Å². The van der Waals surface area contributed by atoms with Gasteiger partial charge in [-0.3, -0.25) is 0 Å². The summed E-state index contributed by atoms with van der Waals surface area (Å²) in [5.41, 5.74) is 19.5. The number of hydrogen-bond donors (Lipinski definition) is 0. The zero-order valence-corrected chi connectivity index (χ0v) is 50.6. The normalized spacial score (nSPS) is 11.4. The highest BCUT2D eigenvalue weighted by Gasteiger charge is 2.26. The van der Waals surface area contributed by atoms with E-state index in [0.717, 1.165) is 122 Å². The molecule has 0 aliphatic carbocycles. The topological polar surface area (TPSA) is 111 Å². The minimum absolute atomic E-state index is 0.379. The maximum absolute atomic E-state index is 10.9. The molecule has 0 radical (unpaired) electrons. The van der Waals surface area contributed by atoms with Crippen molar-refractivity contribution in [3.05, 3.63) is 327 Å². The Balaban J connectivity index is 0.947. The smallest absolute Gasteiger partial charge is 0.166 e. The van der Waals surface area contributed by atoms with Crippen molar-refractivity contribution in [1.29, 1.82) is 5.26 Å². The first-order chi connectivity index (χ1) is 46.5. The molecule has 0 aliphatic heterocycles. The number of hydrogen-bond acceptors (Lipinski definition) is 7. The molecule has 438 valence electrons. The molecule has 0 fully saturated rings. The third-order valence-electron chi connectivity index (χ3n) is 17.7. The molecule has 13 aromatic carbocycles. The summed E-state index contributed by atoms with van der Waals surface area (Å²) < 4.78 is 4.63. The lowest BCUT2D eigenvalue weighted by molar-refractivity contribution is 1.05. The van der Waals surface area contributed by atoms with Crippen molar-refractivity contribution in [3.63, 3.8) is 0 Å². The highest BCUT2D eigenvalue weighted by Crippen LogP contribution is 2.44. The van der Waals surface area contributed by atoms with E-state index in [1.165, 1.54) is 0 Å². The molecule has 0 spiro atoms. The summed E-state index contributed by atoms with van der Waals surface area (Å²) in [5, 5.41) is 15.2.